The number of aromatic hydroxyl groups is 1. The van der Waals surface area contributed by atoms with E-state index >= 15 is 0 Å². The SMILES string of the molecule is C=C(c1cnc(-c2ccc(-n3ccnc3)cc2O)cn1)[C@H]1C[C@@]2(C)N[C@H](CC2(F)F)[C@@H]1OC. The molecule has 0 radical (unpaired) electrons. The molecule has 2 N–H and O–H groups in total. The van der Waals surface area contributed by atoms with Crippen LogP contribution in [-0.4, -0.2) is 55.3 Å². The zero-order valence-corrected chi connectivity index (χ0v) is 18.4. The molecule has 9 heteroatoms. The number of alkyl halides is 2. The molecule has 3 aromatic rings. The number of benzene rings is 1. The van der Waals surface area contributed by atoms with Crippen LogP contribution in [-0.2, 0) is 4.74 Å². The van der Waals surface area contributed by atoms with Crippen molar-refractivity contribution >= 4 is 5.57 Å². The largest absolute Gasteiger partial charge is 0.507 e. The fourth-order valence-corrected chi connectivity index (χ4v) is 5.09. The van der Waals surface area contributed by atoms with Gasteiger partial charge in [-0.15, -0.1) is 0 Å². The van der Waals surface area contributed by atoms with Crippen LogP contribution in [0.4, 0.5) is 8.78 Å². The van der Waals surface area contributed by atoms with Gasteiger partial charge in [-0.05, 0) is 31.1 Å². The van der Waals surface area contributed by atoms with Crippen LogP contribution in [0.1, 0.15) is 25.5 Å². The smallest absolute Gasteiger partial charge is 0.267 e. The predicted octanol–water partition coefficient (Wildman–Crippen LogP) is 3.84. The number of piperidine rings is 1. The minimum atomic E-state index is -2.82. The lowest BCUT2D eigenvalue weighted by atomic mass is 9.77. The van der Waals surface area contributed by atoms with Crippen molar-refractivity contribution in [3.63, 3.8) is 0 Å². The summed E-state index contributed by atoms with van der Waals surface area (Å²) in [6.07, 6.45) is 7.71. The van der Waals surface area contributed by atoms with E-state index in [4.69, 9.17) is 4.74 Å². The summed E-state index contributed by atoms with van der Waals surface area (Å²) in [5, 5.41) is 13.6. The molecule has 2 aliphatic rings. The van der Waals surface area contributed by atoms with Crippen molar-refractivity contribution in [2.24, 2.45) is 5.92 Å². The topological polar surface area (TPSA) is 85.1 Å². The fraction of sp³-hybridized carbons (Fsp3) is 0.375. The van der Waals surface area contributed by atoms with Crippen LogP contribution in [0, 0.1) is 5.92 Å². The maximum absolute atomic E-state index is 14.6. The van der Waals surface area contributed by atoms with Gasteiger partial charge in [0.1, 0.15) is 5.75 Å². The highest BCUT2D eigenvalue weighted by Gasteiger charge is 2.64. The number of phenolic OH excluding ortho intramolecular Hbond substituents is 1. The zero-order valence-electron chi connectivity index (χ0n) is 18.4. The normalized spacial score (nSPS) is 28.1. The van der Waals surface area contributed by atoms with Gasteiger partial charge in [-0.3, -0.25) is 9.97 Å². The average molecular weight is 453 g/mol. The number of aromatic nitrogens is 4. The lowest BCUT2D eigenvalue weighted by Gasteiger charge is -2.42. The molecule has 2 bridgehead atoms. The van der Waals surface area contributed by atoms with Crippen LogP contribution >= 0.6 is 0 Å². The van der Waals surface area contributed by atoms with E-state index in [1.54, 1.807) is 54.7 Å². The lowest BCUT2D eigenvalue weighted by Crippen LogP contribution is -2.59. The number of imidazole rings is 1. The number of hydrogen-bond acceptors (Lipinski definition) is 6. The van der Waals surface area contributed by atoms with E-state index in [0.29, 0.717) is 22.5 Å². The maximum atomic E-state index is 14.6. The highest BCUT2D eigenvalue weighted by Crippen LogP contribution is 2.51. The Bertz CT molecular complexity index is 1180. The number of methoxy groups -OCH3 is 1. The summed E-state index contributed by atoms with van der Waals surface area (Å²) >= 11 is 0. The van der Waals surface area contributed by atoms with Gasteiger partial charge >= 0.3 is 0 Å². The third kappa shape index (κ3) is 3.52. The molecule has 4 heterocycles. The molecule has 4 atom stereocenters. The summed E-state index contributed by atoms with van der Waals surface area (Å²) in [4.78, 5) is 13.0. The predicted molar refractivity (Wildman–Crippen MR) is 119 cm³/mol. The minimum absolute atomic E-state index is 0.0617. The van der Waals surface area contributed by atoms with Crippen molar-refractivity contribution in [3.8, 4) is 22.7 Å². The molecule has 0 amide bonds. The molecule has 0 aliphatic carbocycles. The van der Waals surface area contributed by atoms with Crippen molar-refractivity contribution in [1.82, 2.24) is 24.8 Å². The highest BCUT2D eigenvalue weighted by molar-refractivity contribution is 5.70. The maximum Gasteiger partial charge on any atom is 0.267 e. The minimum Gasteiger partial charge on any atom is -0.507 e. The van der Waals surface area contributed by atoms with Crippen molar-refractivity contribution in [1.29, 1.82) is 0 Å². The van der Waals surface area contributed by atoms with Crippen LogP contribution < -0.4 is 5.32 Å². The van der Waals surface area contributed by atoms with Gasteiger partial charge in [-0.2, -0.15) is 0 Å². The molecule has 0 spiro atoms. The van der Waals surface area contributed by atoms with E-state index in [1.165, 1.54) is 7.11 Å². The molecular weight excluding hydrogens is 428 g/mol. The molecule has 7 nitrogen and oxygen atoms in total. The van der Waals surface area contributed by atoms with Crippen molar-refractivity contribution < 1.29 is 18.6 Å². The summed E-state index contributed by atoms with van der Waals surface area (Å²) in [5.74, 6) is -3.08. The first-order chi connectivity index (χ1) is 15.7. The molecule has 2 aliphatic heterocycles. The second-order valence-electron chi connectivity index (χ2n) is 8.99. The van der Waals surface area contributed by atoms with Crippen molar-refractivity contribution in [2.45, 2.75) is 43.4 Å². The molecular formula is C24H25F2N5O2. The third-order valence-electron chi connectivity index (χ3n) is 6.97. The summed E-state index contributed by atoms with van der Waals surface area (Å²) in [6.45, 7) is 5.73. The molecule has 172 valence electrons. The van der Waals surface area contributed by atoms with Crippen LogP contribution in [0.25, 0.3) is 22.5 Å². The first-order valence-electron chi connectivity index (χ1n) is 10.7. The molecule has 2 saturated heterocycles. The molecule has 5 rings (SSSR count). The Morgan fingerprint density at radius 2 is 2.09 bits per heavy atom. The number of rotatable bonds is 5. The van der Waals surface area contributed by atoms with E-state index in [9.17, 15) is 13.9 Å². The van der Waals surface area contributed by atoms with Gasteiger partial charge in [0.15, 0.2) is 0 Å². The van der Waals surface area contributed by atoms with Crippen LogP contribution in [0.2, 0.25) is 0 Å². The lowest BCUT2D eigenvalue weighted by molar-refractivity contribution is -0.0630. The molecule has 1 aromatic carbocycles. The molecule has 0 unspecified atom stereocenters. The van der Waals surface area contributed by atoms with E-state index in [2.05, 4.69) is 26.8 Å². The van der Waals surface area contributed by atoms with E-state index in [1.807, 2.05) is 6.07 Å². The van der Waals surface area contributed by atoms with Gasteiger partial charge in [0, 0.05) is 49.5 Å². The summed E-state index contributed by atoms with van der Waals surface area (Å²) in [6, 6.07) is 4.78. The second-order valence-corrected chi connectivity index (χ2v) is 8.99. The Kier molecular flexibility index (Phi) is 5.06. The second kappa shape index (κ2) is 7.71. The van der Waals surface area contributed by atoms with E-state index in [0.717, 1.165) is 5.69 Å². The Labute approximate surface area is 190 Å². The number of halogens is 2. The number of hydrogen-bond donors (Lipinski definition) is 2. The van der Waals surface area contributed by atoms with E-state index in [-0.39, 0.29) is 24.5 Å². The highest BCUT2D eigenvalue weighted by atomic mass is 19.3. The first-order valence-corrected chi connectivity index (χ1v) is 10.7. The van der Waals surface area contributed by atoms with Crippen LogP contribution in [0.15, 0.2) is 55.9 Å². The monoisotopic (exact) mass is 453 g/mol. The Morgan fingerprint density at radius 3 is 2.73 bits per heavy atom. The van der Waals surface area contributed by atoms with Crippen molar-refractivity contribution in [2.75, 3.05) is 7.11 Å². The van der Waals surface area contributed by atoms with Gasteiger partial charge in [-0.25, -0.2) is 13.8 Å². The van der Waals surface area contributed by atoms with Crippen LogP contribution in [0.5, 0.6) is 5.75 Å². The quantitative estimate of drug-likeness (QED) is 0.611. The van der Waals surface area contributed by atoms with Crippen molar-refractivity contribution in [3.05, 3.63) is 61.6 Å². The number of phenols is 1. The third-order valence-corrected chi connectivity index (χ3v) is 6.97. The standard InChI is InChI=1S/C24H25F2N5O2/c1-14(17-9-23(2)24(25,26)10-18(30-23)22(17)33-3)19-11-29-20(12-28-19)16-5-4-15(8-21(16)32)31-7-6-27-13-31/h4-8,11-13,17-18,22,30,32H,1,9-10H2,2-3H3/t17-,18-,22-,23-/m1/s1. The summed E-state index contributed by atoms with van der Waals surface area (Å²) in [5.41, 5.74) is 1.63. The summed E-state index contributed by atoms with van der Waals surface area (Å²) in [7, 11) is 1.54. The van der Waals surface area contributed by atoms with Gasteiger partial charge in [0.05, 0.1) is 47.4 Å². The van der Waals surface area contributed by atoms with Gasteiger partial charge < -0.3 is 19.7 Å². The Balaban J connectivity index is 1.39. The number of nitrogens with one attached hydrogen (secondary N) is 1. The Hall–Kier alpha value is -3.17. The number of nitrogens with zero attached hydrogens (tertiary/aromatic N) is 4. The average Bonchev–Trinajstić information content (AvgIpc) is 3.38. The van der Waals surface area contributed by atoms with E-state index < -0.39 is 23.6 Å². The molecule has 2 aromatic heterocycles. The van der Waals surface area contributed by atoms with Gasteiger partial charge in [0.25, 0.3) is 5.92 Å². The fourth-order valence-electron chi connectivity index (χ4n) is 5.09. The van der Waals surface area contributed by atoms with Crippen LogP contribution in [0.3, 0.4) is 0 Å². The summed E-state index contributed by atoms with van der Waals surface area (Å²) < 4.78 is 36.7. The zero-order chi connectivity index (χ0) is 23.4. The first kappa shape index (κ1) is 21.7. The van der Waals surface area contributed by atoms with Gasteiger partial charge in [-0.1, -0.05) is 6.58 Å². The Morgan fingerprint density at radius 1 is 1.27 bits per heavy atom. The molecule has 0 saturated carbocycles. The number of ether oxygens (including phenoxy) is 1. The molecule has 33 heavy (non-hydrogen) atoms. The molecule has 2 fully saturated rings. The van der Waals surface area contributed by atoms with Gasteiger partial charge in [0.2, 0.25) is 0 Å². The number of fused-ring (bicyclic) bond motifs is 2.